The van der Waals surface area contributed by atoms with Crippen LogP contribution in [-0.2, 0) is 19.2 Å². The van der Waals surface area contributed by atoms with E-state index >= 15 is 0 Å². The van der Waals surface area contributed by atoms with Crippen LogP contribution < -0.4 is 20.7 Å². The van der Waals surface area contributed by atoms with Gasteiger partial charge in [0.25, 0.3) is 11.8 Å². The first-order chi connectivity index (χ1) is 21.8. The molecule has 4 aromatic rings. The van der Waals surface area contributed by atoms with E-state index in [1.807, 2.05) is 36.4 Å². The standard InChI is InChI=1S/C35H28N6O4/c1-22(42)36-26-17-13-24(14-18-26)32-30(34(44)40(38-32)28-9-5-3-6-10-28)21-31-33(25-15-19-27(20-16-25)37-23(2)43)39-41(35(31)45)29-11-7-4-8-12-29/h3-21,30H,1-2H3,(H,36,42)(H,37,43). The molecule has 45 heavy (non-hydrogen) atoms. The number of para-hydroxylation sites is 2. The number of hydrogen-bond donors (Lipinski definition) is 2. The van der Waals surface area contributed by atoms with Crippen LogP contribution in [0.4, 0.5) is 22.7 Å². The van der Waals surface area contributed by atoms with Gasteiger partial charge in [0, 0.05) is 30.8 Å². The number of nitrogens with one attached hydrogen (secondary N) is 2. The third-order valence-corrected chi connectivity index (χ3v) is 7.17. The predicted octanol–water partition coefficient (Wildman–Crippen LogP) is 5.35. The van der Waals surface area contributed by atoms with E-state index in [1.54, 1.807) is 78.9 Å². The van der Waals surface area contributed by atoms with Gasteiger partial charge in [-0.15, -0.1) is 0 Å². The Bertz CT molecular complexity index is 1880. The molecule has 2 aliphatic heterocycles. The molecule has 0 aromatic heterocycles. The molecule has 0 aliphatic carbocycles. The third-order valence-electron chi connectivity index (χ3n) is 7.17. The summed E-state index contributed by atoms with van der Waals surface area (Å²) in [4.78, 5) is 51.2. The molecule has 222 valence electrons. The fourth-order valence-corrected chi connectivity index (χ4v) is 5.14. The van der Waals surface area contributed by atoms with Crippen LogP contribution >= 0.6 is 0 Å². The van der Waals surface area contributed by atoms with Gasteiger partial charge in [-0.05, 0) is 54.1 Å². The molecule has 0 fully saturated rings. The Hall–Kier alpha value is -6.16. The van der Waals surface area contributed by atoms with Gasteiger partial charge in [0.1, 0.15) is 11.6 Å². The van der Waals surface area contributed by atoms with Crippen LogP contribution in [0.2, 0.25) is 0 Å². The first kappa shape index (κ1) is 28.9. The highest BCUT2D eigenvalue weighted by molar-refractivity contribution is 6.36. The molecule has 1 unspecified atom stereocenters. The van der Waals surface area contributed by atoms with Gasteiger partial charge < -0.3 is 10.6 Å². The zero-order valence-electron chi connectivity index (χ0n) is 24.5. The lowest BCUT2D eigenvalue weighted by atomic mass is 9.91. The van der Waals surface area contributed by atoms with E-state index in [-0.39, 0.29) is 23.3 Å². The number of benzene rings is 4. The highest BCUT2D eigenvalue weighted by atomic mass is 16.2. The van der Waals surface area contributed by atoms with Gasteiger partial charge in [0.15, 0.2) is 0 Å². The van der Waals surface area contributed by atoms with Crippen molar-refractivity contribution in [3.05, 3.63) is 132 Å². The predicted molar refractivity (Wildman–Crippen MR) is 174 cm³/mol. The number of hydrogen-bond acceptors (Lipinski definition) is 6. The van der Waals surface area contributed by atoms with Gasteiger partial charge in [-0.1, -0.05) is 66.7 Å². The first-order valence-corrected chi connectivity index (χ1v) is 14.2. The Kier molecular flexibility index (Phi) is 7.85. The van der Waals surface area contributed by atoms with Crippen LogP contribution in [0.25, 0.3) is 0 Å². The first-order valence-electron chi connectivity index (χ1n) is 14.2. The van der Waals surface area contributed by atoms with Crippen LogP contribution in [0.5, 0.6) is 0 Å². The maximum atomic E-state index is 14.0. The minimum atomic E-state index is -0.921. The number of nitrogens with zero attached hydrogens (tertiary/aromatic N) is 4. The van der Waals surface area contributed by atoms with Crippen molar-refractivity contribution in [2.24, 2.45) is 16.1 Å². The van der Waals surface area contributed by atoms with E-state index in [0.717, 1.165) is 0 Å². The zero-order chi connectivity index (χ0) is 31.5. The van der Waals surface area contributed by atoms with E-state index in [2.05, 4.69) is 10.6 Å². The summed E-state index contributed by atoms with van der Waals surface area (Å²) in [7, 11) is 0. The normalized spacial score (nSPS) is 16.9. The molecule has 6 rings (SSSR count). The minimum absolute atomic E-state index is 0.200. The third kappa shape index (κ3) is 6.02. The molecule has 2 heterocycles. The SMILES string of the molecule is CC(=O)Nc1ccc(C2=NN(c3ccccc3)C(=O)C2=CC2C(=O)N(c3ccccc3)N=C2c2ccc(NC(C)=O)cc2)cc1. The molecule has 0 saturated carbocycles. The van der Waals surface area contributed by atoms with Crippen molar-refractivity contribution in [1.29, 1.82) is 0 Å². The maximum absolute atomic E-state index is 14.0. The maximum Gasteiger partial charge on any atom is 0.280 e. The van der Waals surface area contributed by atoms with Crippen LogP contribution in [0.15, 0.2) is 131 Å². The Morgan fingerprint density at radius 2 is 1.13 bits per heavy atom. The lowest BCUT2D eigenvalue weighted by molar-refractivity contribution is -0.119. The number of hydrazone groups is 2. The number of carbonyl (C=O) groups excluding carboxylic acids is 4. The second kappa shape index (κ2) is 12.2. The molecule has 0 radical (unpaired) electrons. The lowest BCUT2D eigenvalue weighted by Gasteiger charge is -2.14. The van der Waals surface area contributed by atoms with Gasteiger partial charge in [-0.25, -0.2) is 0 Å². The second-order valence-corrected chi connectivity index (χ2v) is 10.4. The van der Waals surface area contributed by atoms with Crippen molar-refractivity contribution in [3.63, 3.8) is 0 Å². The fraction of sp³-hybridized carbons (Fsp3) is 0.0857. The zero-order valence-corrected chi connectivity index (χ0v) is 24.5. The summed E-state index contributed by atoms with van der Waals surface area (Å²) < 4.78 is 0. The molecular weight excluding hydrogens is 568 g/mol. The Balaban J connectivity index is 1.45. The smallest absolute Gasteiger partial charge is 0.280 e. The number of carbonyl (C=O) groups is 4. The highest BCUT2D eigenvalue weighted by Crippen LogP contribution is 2.32. The van der Waals surface area contributed by atoms with Gasteiger partial charge in [0.2, 0.25) is 11.8 Å². The van der Waals surface area contributed by atoms with E-state index in [9.17, 15) is 19.2 Å². The Morgan fingerprint density at radius 1 is 0.644 bits per heavy atom. The van der Waals surface area contributed by atoms with E-state index in [4.69, 9.17) is 10.2 Å². The molecule has 0 saturated heterocycles. The summed E-state index contributed by atoms with van der Waals surface area (Å²) in [5, 5.41) is 17.6. The molecule has 2 aliphatic rings. The molecule has 1 atom stereocenters. The van der Waals surface area contributed by atoms with Crippen LogP contribution in [0.1, 0.15) is 25.0 Å². The average Bonchev–Trinajstić information content (AvgIpc) is 3.54. The summed E-state index contributed by atoms with van der Waals surface area (Å²) in [6.45, 7) is 2.85. The quantitative estimate of drug-likeness (QED) is 0.279. The van der Waals surface area contributed by atoms with E-state index in [1.165, 1.54) is 23.9 Å². The minimum Gasteiger partial charge on any atom is -0.326 e. The Morgan fingerprint density at radius 3 is 1.64 bits per heavy atom. The number of anilines is 4. The molecule has 10 heteroatoms. The second-order valence-electron chi connectivity index (χ2n) is 10.4. The van der Waals surface area contributed by atoms with E-state index < -0.39 is 11.8 Å². The molecular formula is C35H28N6O4. The molecule has 2 N–H and O–H groups in total. The number of amides is 4. The summed E-state index contributed by atoms with van der Waals surface area (Å²) in [5.74, 6) is -2.05. The number of rotatable bonds is 7. The highest BCUT2D eigenvalue weighted by Gasteiger charge is 2.40. The molecule has 4 aromatic carbocycles. The van der Waals surface area contributed by atoms with Crippen LogP contribution in [0.3, 0.4) is 0 Å². The van der Waals surface area contributed by atoms with Gasteiger partial charge in [-0.3, -0.25) is 19.2 Å². The summed E-state index contributed by atoms with van der Waals surface area (Å²) in [5.41, 5.74) is 4.71. The monoisotopic (exact) mass is 596 g/mol. The molecule has 4 amide bonds. The molecule has 0 bridgehead atoms. The Labute approximate surface area is 259 Å². The van der Waals surface area contributed by atoms with Gasteiger partial charge in [0.05, 0.1) is 22.7 Å². The van der Waals surface area contributed by atoms with Crippen molar-refractivity contribution in [3.8, 4) is 0 Å². The molecule has 0 spiro atoms. The van der Waals surface area contributed by atoms with Crippen molar-refractivity contribution in [2.75, 3.05) is 20.7 Å². The van der Waals surface area contributed by atoms with Crippen molar-refractivity contribution < 1.29 is 19.2 Å². The summed E-state index contributed by atoms with van der Waals surface area (Å²) in [6.07, 6.45) is 1.62. The van der Waals surface area contributed by atoms with E-state index in [0.29, 0.717) is 45.3 Å². The average molecular weight is 597 g/mol. The van der Waals surface area contributed by atoms with Crippen molar-refractivity contribution >= 4 is 57.8 Å². The van der Waals surface area contributed by atoms with Crippen molar-refractivity contribution in [1.82, 2.24) is 0 Å². The van der Waals surface area contributed by atoms with Crippen molar-refractivity contribution in [2.45, 2.75) is 13.8 Å². The van der Waals surface area contributed by atoms with Crippen LogP contribution in [-0.4, -0.2) is 35.1 Å². The van der Waals surface area contributed by atoms with Crippen LogP contribution in [0, 0.1) is 5.92 Å². The molecule has 10 nitrogen and oxygen atoms in total. The summed E-state index contributed by atoms with van der Waals surface area (Å²) in [6, 6.07) is 32.1. The fourth-order valence-electron chi connectivity index (χ4n) is 5.14. The van der Waals surface area contributed by atoms with Gasteiger partial charge in [-0.2, -0.15) is 20.2 Å². The lowest BCUT2D eigenvalue weighted by Crippen LogP contribution is -2.28. The summed E-state index contributed by atoms with van der Waals surface area (Å²) >= 11 is 0. The topological polar surface area (TPSA) is 124 Å². The van der Waals surface area contributed by atoms with Gasteiger partial charge >= 0.3 is 0 Å². The largest absolute Gasteiger partial charge is 0.326 e.